The Bertz CT molecular complexity index is 1530. The van der Waals surface area contributed by atoms with Crippen LogP contribution in [0.2, 0.25) is 16.6 Å². The van der Waals surface area contributed by atoms with E-state index in [1.54, 1.807) is 6.20 Å². The van der Waals surface area contributed by atoms with Crippen molar-refractivity contribution in [3.63, 3.8) is 0 Å². The summed E-state index contributed by atoms with van der Waals surface area (Å²) < 4.78 is 6.00. The van der Waals surface area contributed by atoms with E-state index in [1.165, 1.54) is 11.8 Å². The zero-order valence-electron chi connectivity index (χ0n) is 24.6. The fraction of sp³-hybridized carbons (Fsp3) is 0.312. The lowest BCUT2D eigenvalue weighted by Gasteiger charge is -2.38. The molecule has 0 aliphatic rings. The van der Waals surface area contributed by atoms with Crippen LogP contribution in [0.4, 0.5) is 22.1 Å². The summed E-state index contributed by atoms with van der Waals surface area (Å²) in [7, 11) is -2.05. The fourth-order valence-electron chi connectivity index (χ4n) is 5.64. The molecule has 4 aromatic rings. The van der Waals surface area contributed by atoms with Crippen LogP contribution in [-0.2, 0) is 4.79 Å². The number of para-hydroxylation sites is 2. The van der Waals surface area contributed by atoms with Gasteiger partial charge in [-0.2, -0.15) is 9.97 Å². The van der Waals surface area contributed by atoms with E-state index >= 15 is 0 Å². The first kappa shape index (κ1) is 29.6. The third-order valence-electron chi connectivity index (χ3n) is 7.46. The fourth-order valence-corrected chi connectivity index (χ4v) is 10.9. The number of carbonyl (C=O) groups is 2. The number of carbonyl (C=O) groups excluding carboxylic acids is 2. The van der Waals surface area contributed by atoms with Crippen molar-refractivity contribution in [2.45, 2.75) is 65.1 Å². The molecule has 0 saturated heterocycles. The van der Waals surface area contributed by atoms with Gasteiger partial charge in [0.15, 0.2) is 0 Å². The van der Waals surface area contributed by atoms with Crippen molar-refractivity contribution in [2.24, 2.45) is 0 Å². The monoisotopic (exact) mass is 567 g/mol. The van der Waals surface area contributed by atoms with Crippen LogP contribution in [0.15, 0.2) is 66.9 Å². The minimum atomic E-state index is -2.05. The summed E-state index contributed by atoms with van der Waals surface area (Å²) in [5.41, 5.74) is 7.38. The molecule has 2 amide bonds. The molecular weight excluding hydrogens is 530 g/mol. The number of aromatic nitrogens is 3. The van der Waals surface area contributed by atoms with E-state index in [1.807, 2.05) is 60.7 Å². The second-order valence-corrected chi connectivity index (χ2v) is 16.6. The number of anilines is 3. The third-order valence-corrected chi connectivity index (χ3v) is 13.8. The van der Waals surface area contributed by atoms with E-state index in [2.05, 4.69) is 73.3 Å². The van der Waals surface area contributed by atoms with E-state index in [9.17, 15) is 9.59 Å². The van der Waals surface area contributed by atoms with Gasteiger partial charge in [-0.3, -0.25) is 10.1 Å². The van der Waals surface area contributed by atoms with Crippen molar-refractivity contribution in [3.05, 3.63) is 72.4 Å². The first-order valence-electron chi connectivity index (χ1n) is 13.9. The van der Waals surface area contributed by atoms with Gasteiger partial charge >= 0.3 is 6.09 Å². The lowest BCUT2D eigenvalue weighted by molar-refractivity contribution is -0.114. The maximum Gasteiger partial charge on any atom is 0.425 e. The van der Waals surface area contributed by atoms with Crippen molar-refractivity contribution in [3.8, 4) is 17.3 Å². The molecule has 0 radical (unpaired) electrons. The number of nitrogens with one attached hydrogen (secondary N) is 2. The first-order chi connectivity index (χ1) is 19.5. The Morgan fingerprint density at radius 1 is 0.878 bits per heavy atom. The quantitative estimate of drug-likeness (QED) is 0.175. The normalized spacial score (nSPS) is 11.5. The number of H-pyrrole nitrogens is 1. The van der Waals surface area contributed by atoms with Crippen molar-refractivity contribution in [1.29, 1.82) is 0 Å². The van der Waals surface area contributed by atoms with Crippen molar-refractivity contribution < 1.29 is 14.3 Å². The summed E-state index contributed by atoms with van der Waals surface area (Å²) in [6.07, 6.45) is 1.10. The van der Waals surface area contributed by atoms with Gasteiger partial charge in [0.25, 0.3) is 0 Å². The standard InChI is InChI=1S/C32H37N5O3Si/c1-21(2)41(22(3)4,23(5)6)19-18-25-20-33-29-28(25)30(36-31(35-29)34-24(7)38)40-32(39)37(26-14-10-8-11-15-26)27-16-12-9-13-17-27/h8-17,20-23H,1-7H3,(H2,33,34,35,36,38). The highest BCUT2D eigenvalue weighted by atomic mass is 28.3. The smallest absolute Gasteiger partial charge is 0.390 e. The maximum absolute atomic E-state index is 13.8. The summed E-state index contributed by atoms with van der Waals surface area (Å²) in [5.74, 6) is 3.12. The molecule has 0 aliphatic heterocycles. The number of fused-ring (bicyclic) bond motifs is 1. The Labute approximate surface area is 242 Å². The van der Waals surface area contributed by atoms with Crippen LogP contribution >= 0.6 is 0 Å². The zero-order chi connectivity index (χ0) is 29.7. The number of hydrogen-bond donors (Lipinski definition) is 2. The van der Waals surface area contributed by atoms with Crippen LogP contribution in [0.5, 0.6) is 5.88 Å². The average molecular weight is 568 g/mol. The van der Waals surface area contributed by atoms with Gasteiger partial charge in [0.05, 0.1) is 22.3 Å². The van der Waals surface area contributed by atoms with Gasteiger partial charge in [0, 0.05) is 13.1 Å². The number of ether oxygens (including phenoxy) is 1. The number of amides is 2. The predicted molar refractivity (Wildman–Crippen MR) is 167 cm³/mol. The number of nitrogens with zero attached hydrogens (tertiary/aromatic N) is 3. The molecule has 0 saturated carbocycles. The van der Waals surface area contributed by atoms with E-state index in [0.29, 0.717) is 44.6 Å². The minimum absolute atomic E-state index is 0.0112. The van der Waals surface area contributed by atoms with Crippen LogP contribution in [-0.4, -0.2) is 35.0 Å². The minimum Gasteiger partial charge on any atom is -0.390 e. The molecule has 0 atom stereocenters. The van der Waals surface area contributed by atoms with Crippen LogP contribution < -0.4 is 15.0 Å². The second-order valence-electron chi connectivity index (χ2n) is 11.0. The molecule has 2 N–H and O–H groups in total. The van der Waals surface area contributed by atoms with Crippen LogP contribution in [0.1, 0.15) is 54.0 Å². The molecule has 0 fully saturated rings. The summed E-state index contributed by atoms with van der Waals surface area (Å²) in [4.78, 5) is 39.2. The topological polar surface area (TPSA) is 100 Å². The van der Waals surface area contributed by atoms with Gasteiger partial charge in [-0.1, -0.05) is 83.9 Å². The summed E-state index contributed by atoms with van der Waals surface area (Å²) >= 11 is 0. The summed E-state index contributed by atoms with van der Waals surface area (Å²) in [6, 6.07) is 18.5. The Morgan fingerprint density at radius 3 is 1.90 bits per heavy atom. The van der Waals surface area contributed by atoms with Gasteiger partial charge in [-0.15, -0.1) is 5.54 Å². The van der Waals surface area contributed by atoms with Crippen molar-refractivity contribution >= 4 is 48.4 Å². The van der Waals surface area contributed by atoms with Gasteiger partial charge in [-0.25, -0.2) is 9.69 Å². The zero-order valence-corrected chi connectivity index (χ0v) is 25.6. The Hall–Kier alpha value is -4.42. The molecular formula is C32H37N5O3Si. The molecule has 9 heteroatoms. The van der Waals surface area contributed by atoms with E-state index in [-0.39, 0.29) is 17.7 Å². The SMILES string of the molecule is CC(=O)Nc1nc(OC(=O)N(c2ccccc2)c2ccccc2)c2c(C#C[Si](C(C)C)(C(C)C)C(C)C)c[nH]c2n1. The Balaban J connectivity index is 1.86. The van der Waals surface area contributed by atoms with Gasteiger partial charge in [0.1, 0.15) is 13.7 Å². The average Bonchev–Trinajstić information content (AvgIpc) is 3.32. The highest BCUT2D eigenvalue weighted by Gasteiger charge is 2.41. The van der Waals surface area contributed by atoms with Crippen LogP contribution in [0, 0.1) is 11.5 Å². The lowest BCUT2D eigenvalue weighted by atomic mass is 10.2. The predicted octanol–water partition coefficient (Wildman–Crippen LogP) is 7.82. The molecule has 2 aromatic heterocycles. The van der Waals surface area contributed by atoms with Crippen molar-refractivity contribution in [1.82, 2.24) is 15.0 Å². The van der Waals surface area contributed by atoms with Gasteiger partial charge < -0.3 is 9.72 Å². The number of aromatic amines is 1. The van der Waals surface area contributed by atoms with E-state index < -0.39 is 14.2 Å². The Morgan fingerprint density at radius 2 is 1.41 bits per heavy atom. The van der Waals surface area contributed by atoms with E-state index in [4.69, 9.17) is 4.74 Å². The molecule has 2 aromatic carbocycles. The summed E-state index contributed by atoms with van der Waals surface area (Å²) in [6.45, 7) is 14.9. The molecule has 0 bridgehead atoms. The summed E-state index contributed by atoms with van der Waals surface area (Å²) in [5, 5.41) is 3.08. The van der Waals surface area contributed by atoms with Gasteiger partial charge in [-0.05, 0) is 40.9 Å². The van der Waals surface area contributed by atoms with Gasteiger partial charge in [0.2, 0.25) is 17.7 Å². The first-order valence-corrected chi connectivity index (χ1v) is 16.1. The lowest BCUT2D eigenvalue weighted by Crippen LogP contribution is -2.43. The largest absolute Gasteiger partial charge is 0.425 e. The third kappa shape index (κ3) is 6.18. The van der Waals surface area contributed by atoms with E-state index in [0.717, 1.165) is 0 Å². The molecule has 0 unspecified atom stereocenters. The highest BCUT2D eigenvalue weighted by Crippen LogP contribution is 2.41. The second kappa shape index (κ2) is 12.4. The van der Waals surface area contributed by atoms with Crippen LogP contribution in [0.25, 0.3) is 11.0 Å². The van der Waals surface area contributed by atoms with Crippen LogP contribution in [0.3, 0.4) is 0 Å². The molecule has 8 nitrogen and oxygen atoms in total. The molecule has 41 heavy (non-hydrogen) atoms. The number of hydrogen-bond acceptors (Lipinski definition) is 5. The highest BCUT2D eigenvalue weighted by molar-refractivity contribution is 6.90. The maximum atomic E-state index is 13.8. The molecule has 0 aliphatic carbocycles. The van der Waals surface area contributed by atoms with Crippen molar-refractivity contribution in [2.75, 3.05) is 10.2 Å². The number of benzene rings is 2. The number of rotatable bonds is 7. The molecule has 0 spiro atoms. The molecule has 212 valence electrons. The molecule has 2 heterocycles. The molecule has 4 rings (SSSR count). The Kier molecular flexibility index (Phi) is 8.94.